The minimum atomic E-state index is -3.83. The number of sulfonamides is 1. The lowest BCUT2D eigenvalue weighted by molar-refractivity contribution is -0.125. The molecule has 1 atom stereocenters. The highest BCUT2D eigenvalue weighted by molar-refractivity contribution is 7.90. The van der Waals surface area contributed by atoms with E-state index in [-0.39, 0.29) is 16.3 Å². The maximum absolute atomic E-state index is 12.2. The van der Waals surface area contributed by atoms with E-state index >= 15 is 0 Å². The summed E-state index contributed by atoms with van der Waals surface area (Å²) < 4.78 is 49.5. The Labute approximate surface area is 182 Å². The highest BCUT2D eigenvalue weighted by Crippen LogP contribution is 2.16. The Kier molecular flexibility index (Phi) is 7.93. The third-order valence-corrected chi connectivity index (χ3v) is 6.93. The van der Waals surface area contributed by atoms with Gasteiger partial charge in [-0.05, 0) is 43.7 Å². The van der Waals surface area contributed by atoms with Crippen LogP contribution in [0, 0.1) is 6.92 Å². The highest BCUT2D eigenvalue weighted by atomic mass is 32.2. The Morgan fingerprint density at radius 1 is 0.839 bits per heavy atom. The molecule has 2 aromatic rings. The molecule has 0 aliphatic rings. The van der Waals surface area contributed by atoms with Gasteiger partial charge in [0.2, 0.25) is 21.8 Å². The van der Waals surface area contributed by atoms with Crippen LogP contribution in [0.15, 0.2) is 58.3 Å². The first-order valence-corrected chi connectivity index (χ1v) is 12.7. The van der Waals surface area contributed by atoms with Crippen molar-refractivity contribution in [3.63, 3.8) is 0 Å². The van der Waals surface area contributed by atoms with Crippen LogP contribution >= 0.6 is 0 Å². The predicted octanol–water partition coefficient (Wildman–Crippen LogP) is 0.670. The van der Waals surface area contributed by atoms with Crippen molar-refractivity contribution in [1.82, 2.24) is 15.4 Å². The number of aryl methyl sites for hydroxylation is 1. The SMILES string of the molecule is Cc1ccc(S(=O)(=O)NCC(=O)NCC(=O)NC(C)c2ccc(S(C)(=O)=O)cc2)cc1. The summed E-state index contributed by atoms with van der Waals surface area (Å²) in [6.45, 7) is 2.70. The van der Waals surface area contributed by atoms with Crippen LogP contribution in [0.3, 0.4) is 0 Å². The third kappa shape index (κ3) is 7.46. The number of sulfone groups is 1. The van der Waals surface area contributed by atoms with Crippen molar-refractivity contribution in [3.8, 4) is 0 Å². The Hall–Kier alpha value is -2.76. The van der Waals surface area contributed by atoms with Gasteiger partial charge in [0.15, 0.2) is 9.84 Å². The lowest BCUT2D eigenvalue weighted by atomic mass is 10.1. The molecular weight excluding hydrogens is 442 g/mol. The first-order chi connectivity index (χ1) is 14.4. The van der Waals surface area contributed by atoms with Gasteiger partial charge in [-0.3, -0.25) is 9.59 Å². The molecule has 0 heterocycles. The number of carbonyl (C=O) groups is 2. The molecule has 0 fully saturated rings. The molecule has 0 radical (unpaired) electrons. The molecule has 168 valence electrons. The summed E-state index contributed by atoms with van der Waals surface area (Å²) in [5.41, 5.74) is 1.60. The zero-order chi connectivity index (χ0) is 23.2. The first-order valence-electron chi connectivity index (χ1n) is 9.31. The van der Waals surface area contributed by atoms with Gasteiger partial charge in [0, 0.05) is 6.26 Å². The third-order valence-electron chi connectivity index (χ3n) is 4.39. The standard InChI is InChI=1S/C20H25N3O6S2/c1-14-4-8-18(9-5-14)31(28,29)22-13-19(24)21-12-20(25)23-15(2)16-6-10-17(11-7-16)30(3,26)27/h4-11,15,22H,12-13H2,1-3H3,(H,21,24)(H,23,25). The van der Waals surface area contributed by atoms with Gasteiger partial charge in [-0.2, -0.15) is 0 Å². The van der Waals surface area contributed by atoms with Gasteiger partial charge in [-0.15, -0.1) is 0 Å². The van der Waals surface area contributed by atoms with Crippen molar-refractivity contribution in [2.45, 2.75) is 29.7 Å². The summed E-state index contributed by atoms with van der Waals surface area (Å²) in [6.07, 6.45) is 1.11. The molecule has 0 saturated heterocycles. The maximum Gasteiger partial charge on any atom is 0.241 e. The molecule has 2 aromatic carbocycles. The highest BCUT2D eigenvalue weighted by Gasteiger charge is 2.16. The van der Waals surface area contributed by atoms with E-state index < -0.39 is 44.3 Å². The van der Waals surface area contributed by atoms with Crippen molar-refractivity contribution >= 4 is 31.7 Å². The van der Waals surface area contributed by atoms with Crippen molar-refractivity contribution in [2.75, 3.05) is 19.3 Å². The molecule has 0 aliphatic carbocycles. The average molecular weight is 468 g/mol. The van der Waals surface area contributed by atoms with E-state index in [9.17, 15) is 26.4 Å². The zero-order valence-corrected chi connectivity index (χ0v) is 19.0. The average Bonchev–Trinajstić information content (AvgIpc) is 2.70. The maximum atomic E-state index is 12.2. The first kappa shape index (κ1) is 24.5. The second-order valence-electron chi connectivity index (χ2n) is 7.04. The largest absolute Gasteiger partial charge is 0.348 e. The molecule has 11 heteroatoms. The van der Waals surface area contributed by atoms with Gasteiger partial charge >= 0.3 is 0 Å². The Bertz CT molecular complexity index is 1140. The summed E-state index contributed by atoms with van der Waals surface area (Å²) in [4.78, 5) is 24.2. The molecule has 31 heavy (non-hydrogen) atoms. The number of nitrogens with one attached hydrogen (secondary N) is 3. The zero-order valence-electron chi connectivity index (χ0n) is 17.4. The summed E-state index contributed by atoms with van der Waals surface area (Å²) in [6, 6.07) is 11.9. The van der Waals surface area contributed by atoms with Crippen molar-refractivity contribution in [2.24, 2.45) is 0 Å². The summed E-state index contributed by atoms with van der Waals surface area (Å²) in [5, 5.41) is 5.02. The number of amides is 2. The van der Waals surface area contributed by atoms with Crippen LogP contribution in [0.25, 0.3) is 0 Å². The Balaban J connectivity index is 1.81. The lowest BCUT2D eigenvalue weighted by Gasteiger charge is -2.15. The van der Waals surface area contributed by atoms with E-state index in [1.54, 1.807) is 31.2 Å². The van der Waals surface area contributed by atoms with E-state index in [0.717, 1.165) is 11.8 Å². The fourth-order valence-electron chi connectivity index (χ4n) is 2.58. The molecule has 0 aromatic heterocycles. The van der Waals surface area contributed by atoms with E-state index in [0.29, 0.717) is 5.56 Å². The van der Waals surface area contributed by atoms with Crippen LogP contribution in [0.1, 0.15) is 24.1 Å². The fourth-order valence-corrected chi connectivity index (χ4v) is 4.19. The van der Waals surface area contributed by atoms with Crippen LogP contribution in [0.2, 0.25) is 0 Å². The molecule has 0 spiro atoms. The molecule has 9 nitrogen and oxygen atoms in total. The lowest BCUT2D eigenvalue weighted by Crippen LogP contribution is -2.42. The Morgan fingerprint density at radius 2 is 1.39 bits per heavy atom. The Morgan fingerprint density at radius 3 is 1.94 bits per heavy atom. The summed E-state index contributed by atoms with van der Waals surface area (Å²) in [7, 11) is -7.14. The van der Waals surface area contributed by atoms with Gasteiger partial charge < -0.3 is 10.6 Å². The molecular formula is C20H25N3O6S2. The summed E-state index contributed by atoms with van der Waals surface area (Å²) >= 11 is 0. The number of hydrogen-bond acceptors (Lipinski definition) is 6. The molecule has 0 bridgehead atoms. The van der Waals surface area contributed by atoms with Crippen LogP contribution in [0.4, 0.5) is 0 Å². The van der Waals surface area contributed by atoms with Crippen molar-refractivity contribution in [3.05, 3.63) is 59.7 Å². The predicted molar refractivity (Wildman–Crippen MR) is 115 cm³/mol. The molecule has 0 aliphatic heterocycles. The number of rotatable bonds is 9. The van der Waals surface area contributed by atoms with Gasteiger partial charge in [-0.1, -0.05) is 29.8 Å². The smallest absolute Gasteiger partial charge is 0.241 e. The monoisotopic (exact) mass is 467 g/mol. The molecule has 2 rings (SSSR count). The molecule has 3 N–H and O–H groups in total. The van der Waals surface area contributed by atoms with Gasteiger partial charge in [0.1, 0.15) is 0 Å². The topological polar surface area (TPSA) is 139 Å². The minimum absolute atomic E-state index is 0.0411. The van der Waals surface area contributed by atoms with Gasteiger partial charge in [-0.25, -0.2) is 21.6 Å². The van der Waals surface area contributed by atoms with Gasteiger partial charge in [0.25, 0.3) is 0 Å². The van der Waals surface area contributed by atoms with E-state index in [4.69, 9.17) is 0 Å². The van der Waals surface area contributed by atoms with E-state index in [1.165, 1.54) is 24.3 Å². The molecule has 2 amide bonds. The number of benzene rings is 2. The molecule has 0 saturated carbocycles. The number of hydrogen-bond donors (Lipinski definition) is 3. The van der Waals surface area contributed by atoms with Crippen LogP contribution in [-0.2, 0) is 29.4 Å². The van der Waals surface area contributed by atoms with Crippen LogP contribution < -0.4 is 15.4 Å². The van der Waals surface area contributed by atoms with Crippen LogP contribution in [-0.4, -0.2) is 48.0 Å². The fraction of sp³-hybridized carbons (Fsp3) is 0.300. The normalized spacial score (nSPS) is 12.7. The van der Waals surface area contributed by atoms with Crippen LogP contribution in [0.5, 0.6) is 0 Å². The minimum Gasteiger partial charge on any atom is -0.348 e. The quantitative estimate of drug-likeness (QED) is 0.495. The second kappa shape index (κ2) is 10.0. The summed E-state index contributed by atoms with van der Waals surface area (Å²) in [5.74, 6) is -1.13. The molecule has 1 unspecified atom stereocenters. The van der Waals surface area contributed by atoms with E-state index in [1.807, 2.05) is 6.92 Å². The van der Waals surface area contributed by atoms with Crippen molar-refractivity contribution < 1.29 is 26.4 Å². The van der Waals surface area contributed by atoms with Crippen molar-refractivity contribution in [1.29, 1.82) is 0 Å². The van der Waals surface area contributed by atoms with Gasteiger partial charge in [0.05, 0.1) is 28.9 Å². The van der Waals surface area contributed by atoms with E-state index in [2.05, 4.69) is 15.4 Å². The number of carbonyl (C=O) groups excluding carboxylic acids is 2. The second-order valence-corrected chi connectivity index (χ2v) is 10.8.